The fraction of sp³-hybridized carbons (Fsp3) is 0.417. The summed E-state index contributed by atoms with van der Waals surface area (Å²) in [4.78, 5) is 12.5. The second-order valence-electron chi connectivity index (χ2n) is 4.31. The van der Waals surface area contributed by atoms with Gasteiger partial charge in [0.2, 0.25) is 6.41 Å². The molecule has 1 aromatic carbocycles. The van der Waals surface area contributed by atoms with Crippen molar-refractivity contribution in [2.75, 3.05) is 16.8 Å². The zero-order valence-corrected chi connectivity index (χ0v) is 9.56. The van der Waals surface area contributed by atoms with Crippen LogP contribution in [0.3, 0.4) is 0 Å². The summed E-state index contributed by atoms with van der Waals surface area (Å²) in [6, 6.07) is 4.42. The normalized spacial score (nSPS) is 23.8. The van der Waals surface area contributed by atoms with Gasteiger partial charge < -0.3 is 15.3 Å². The first kappa shape index (κ1) is 11.9. The van der Waals surface area contributed by atoms with Crippen LogP contribution >= 0.6 is 0 Å². The number of aliphatic hydroxyl groups is 1. The van der Waals surface area contributed by atoms with Crippen molar-refractivity contribution in [3.63, 3.8) is 0 Å². The maximum atomic E-state index is 13.1. The van der Waals surface area contributed by atoms with Gasteiger partial charge >= 0.3 is 0 Å². The van der Waals surface area contributed by atoms with Crippen LogP contribution in [0.25, 0.3) is 0 Å². The highest BCUT2D eigenvalue weighted by Crippen LogP contribution is 2.32. The predicted octanol–water partition coefficient (Wildman–Crippen LogP) is 1.35. The Kier molecular flexibility index (Phi) is 3.28. The van der Waals surface area contributed by atoms with E-state index in [9.17, 15) is 14.3 Å². The molecule has 1 aliphatic heterocycles. The second kappa shape index (κ2) is 4.71. The van der Waals surface area contributed by atoms with Crippen molar-refractivity contribution < 1.29 is 14.3 Å². The third-order valence-electron chi connectivity index (χ3n) is 3.04. The zero-order chi connectivity index (χ0) is 12.4. The Morgan fingerprint density at radius 1 is 1.59 bits per heavy atom. The molecule has 0 radical (unpaired) electrons. The lowest BCUT2D eigenvalue weighted by Crippen LogP contribution is -2.28. The van der Waals surface area contributed by atoms with Crippen LogP contribution in [-0.2, 0) is 4.79 Å². The Bertz CT molecular complexity index is 425. The average Bonchev–Trinajstić information content (AvgIpc) is 2.59. The van der Waals surface area contributed by atoms with Gasteiger partial charge in [-0.2, -0.15) is 0 Å². The van der Waals surface area contributed by atoms with Crippen molar-refractivity contribution in [3.8, 4) is 0 Å². The number of amides is 1. The highest BCUT2D eigenvalue weighted by atomic mass is 19.1. The summed E-state index contributed by atoms with van der Waals surface area (Å²) in [6.07, 6.45) is 0.826. The molecule has 0 aliphatic carbocycles. The fourth-order valence-corrected chi connectivity index (χ4v) is 2.28. The molecule has 0 aromatic heterocycles. The first-order valence-corrected chi connectivity index (χ1v) is 5.56. The topological polar surface area (TPSA) is 52.6 Å². The molecule has 2 N–H and O–H groups in total. The van der Waals surface area contributed by atoms with Crippen molar-refractivity contribution in [2.24, 2.45) is 0 Å². The summed E-state index contributed by atoms with van der Waals surface area (Å²) in [5, 5.41) is 12.1. The summed E-state index contributed by atoms with van der Waals surface area (Å²) < 4.78 is 13.1. The van der Waals surface area contributed by atoms with E-state index >= 15 is 0 Å². The Hall–Kier alpha value is -1.62. The summed E-state index contributed by atoms with van der Waals surface area (Å²) in [5.74, 6) is -0.398. The minimum atomic E-state index is -0.398. The number of anilines is 2. The molecule has 0 saturated carbocycles. The van der Waals surface area contributed by atoms with Crippen LogP contribution in [0.4, 0.5) is 15.8 Å². The van der Waals surface area contributed by atoms with Crippen LogP contribution in [0.5, 0.6) is 0 Å². The number of hydrogen-bond donors (Lipinski definition) is 2. The molecule has 2 rings (SSSR count). The highest BCUT2D eigenvalue weighted by molar-refractivity contribution is 5.81. The first-order valence-electron chi connectivity index (χ1n) is 5.56. The van der Waals surface area contributed by atoms with E-state index in [0.717, 1.165) is 5.69 Å². The number of nitrogens with zero attached hydrogens (tertiary/aromatic N) is 1. The van der Waals surface area contributed by atoms with E-state index in [0.29, 0.717) is 25.1 Å². The van der Waals surface area contributed by atoms with Crippen LogP contribution in [0.1, 0.15) is 13.3 Å². The van der Waals surface area contributed by atoms with Crippen molar-refractivity contribution >= 4 is 17.8 Å². The Labute approximate surface area is 99.0 Å². The molecule has 1 amide bonds. The molecule has 1 fully saturated rings. The molecule has 92 valence electrons. The maximum Gasteiger partial charge on any atom is 0.211 e. The van der Waals surface area contributed by atoms with Crippen LogP contribution in [0.2, 0.25) is 0 Å². The van der Waals surface area contributed by atoms with E-state index in [2.05, 4.69) is 5.32 Å². The van der Waals surface area contributed by atoms with Gasteiger partial charge in [0.15, 0.2) is 0 Å². The number of carbonyl (C=O) groups is 1. The molecule has 1 aliphatic rings. The molecule has 1 saturated heterocycles. The predicted molar refractivity (Wildman–Crippen MR) is 63.5 cm³/mol. The molecule has 0 bridgehead atoms. The van der Waals surface area contributed by atoms with Crippen molar-refractivity contribution in [3.05, 3.63) is 24.0 Å². The third-order valence-corrected chi connectivity index (χ3v) is 3.04. The van der Waals surface area contributed by atoms with Crippen molar-refractivity contribution in [1.82, 2.24) is 0 Å². The lowest BCUT2D eigenvalue weighted by molar-refractivity contribution is -0.105. The van der Waals surface area contributed by atoms with Gasteiger partial charge in [0, 0.05) is 12.6 Å². The van der Waals surface area contributed by atoms with Crippen LogP contribution in [0.15, 0.2) is 18.2 Å². The monoisotopic (exact) mass is 238 g/mol. The highest BCUT2D eigenvalue weighted by Gasteiger charge is 2.29. The van der Waals surface area contributed by atoms with Gasteiger partial charge in [0.25, 0.3) is 0 Å². The third kappa shape index (κ3) is 2.39. The number of halogens is 1. The van der Waals surface area contributed by atoms with E-state index in [1.807, 2.05) is 11.8 Å². The van der Waals surface area contributed by atoms with E-state index in [4.69, 9.17) is 0 Å². The molecule has 5 heteroatoms. The lowest BCUT2D eigenvalue weighted by Gasteiger charge is -2.25. The number of hydrogen-bond acceptors (Lipinski definition) is 3. The van der Waals surface area contributed by atoms with Gasteiger partial charge in [0.1, 0.15) is 5.82 Å². The second-order valence-corrected chi connectivity index (χ2v) is 4.31. The smallest absolute Gasteiger partial charge is 0.211 e. The van der Waals surface area contributed by atoms with Gasteiger partial charge in [-0.05, 0) is 31.5 Å². The lowest BCUT2D eigenvalue weighted by atomic mass is 10.2. The number of rotatable bonds is 3. The summed E-state index contributed by atoms with van der Waals surface area (Å²) in [5.41, 5.74) is 1.17. The molecule has 2 atom stereocenters. The number of carbonyl (C=O) groups excluding carboxylic acids is 1. The van der Waals surface area contributed by atoms with E-state index in [1.54, 1.807) is 6.07 Å². The Morgan fingerprint density at radius 2 is 2.35 bits per heavy atom. The van der Waals surface area contributed by atoms with Gasteiger partial charge in [-0.25, -0.2) is 4.39 Å². The van der Waals surface area contributed by atoms with Crippen molar-refractivity contribution in [2.45, 2.75) is 25.5 Å². The summed E-state index contributed by atoms with van der Waals surface area (Å²) in [6.45, 7) is 2.49. The Morgan fingerprint density at radius 3 is 2.94 bits per heavy atom. The molecule has 17 heavy (non-hydrogen) atoms. The van der Waals surface area contributed by atoms with Gasteiger partial charge in [-0.15, -0.1) is 0 Å². The van der Waals surface area contributed by atoms with Crippen LogP contribution < -0.4 is 10.2 Å². The Balaban J connectivity index is 2.33. The van der Waals surface area contributed by atoms with Crippen molar-refractivity contribution in [1.29, 1.82) is 0 Å². The SMILES string of the molecule is C[C@H]1CC(O)CN1c1ccc(F)cc1NC=O. The number of nitrogens with one attached hydrogen (secondary N) is 1. The van der Waals surface area contributed by atoms with Crippen LogP contribution in [-0.4, -0.2) is 30.2 Å². The standard InChI is InChI=1S/C12H15FN2O2/c1-8-4-10(17)6-15(8)12-3-2-9(13)5-11(12)14-7-16/h2-3,5,7-8,10,17H,4,6H2,1H3,(H,14,16)/t8-,10?/m0/s1. The zero-order valence-electron chi connectivity index (χ0n) is 9.56. The molecule has 4 nitrogen and oxygen atoms in total. The number of aliphatic hydroxyl groups excluding tert-OH is 1. The summed E-state index contributed by atoms with van der Waals surface area (Å²) >= 11 is 0. The van der Waals surface area contributed by atoms with E-state index in [1.165, 1.54) is 12.1 Å². The van der Waals surface area contributed by atoms with Gasteiger partial charge in [-0.1, -0.05) is 0 Å². The maximum absolute atomic E-state index is 13.1. The van der Waals surface area contributed by atoms with Gasteiger partial charge in [-0.3, -0.25) is 4.79 Å². The summed E-state index contributed by atoms with van der Waals surface area (Å²) in [7, 11) is 0. The van der Waals surface area contributed by atoms with Crippen LogP contribution in [0, 0.1) is 5.82 Å². The molecule has 1 aromatic rings. The molecule has 0 spiro atoms. The molecule has 1 unspecified atom stereocenters. The first-order chi connectivity index (χ1) is 8.11. The van der Waals surface area contributed by atoms with E-state index in [-0.39, 0.29) is 12.1 Å². The quantitative estimate of drug-likeness (QED) is 0.782. The average molecular weight is 238 g/mol. The molecular weight excluding hydrogens is 223 g/mol. The van der Waals surface area contributed by atoms with E-state index < -0.39 is 5.82 Å². The largest absolute Gasteiger partial charge is 0.391 e. The molecule has 1 heterocycles. The minimum Gasteiger partial charge on any atom is -0.391 e. The van der Waals surface area contributed by atoms with Gasteiger partial charge in [0.05, 0.1) is 17.5 Å². The number of benzene rings is 1. The molecular formula is C12H15FN2O2. The fourth-order valence-electron chi connectivity index (χ4n) is 2.28. The minimum absolute atomic E-state index is 0.169. The number of β-amino-alcohol motifs (C(OH)–C–C–N with tert-alkyl or cyclic N) is 1.